The summed E-state index contributed by atoms with van der Waals surface area (Å²) in [5.74, 6) is -0.258. The maximum absolute atomic E-state index is 13.2. The number of likely N-dealkylation sites (N-methyl/N-ethyl adjacent to an activating group) is 1. The van der Waals surface area contributed by atoms with Gasteiger partial charge in [-0.25, -0.2) is 4.39 Å². The largest absolute Gasteiger partial charge is 0.397 e. The lowest BCUT2D eigenvalue weighted by Gasteiger charge is -2.21. The molecule has 100 valence electrons. The molecule has 0 aliphatic carbocycles. The first kappa shape index (κ1) is 13.4. The van der Waals surface area contributed by atoms with Crippen molar-refractivity contribution in [3.05, 3.63) is 59.4 Å². The Morgan fingerprint density at radius 1 is 1.11 bits per heavy atom. The predicted molar refractivity (Wildman–Crippen MR) is 79.0 cm³/mol. The molecule has 0 aliphatic rings. The van der Waals surface area contributed by atoms with Crippen LogP contribution in [-0.4, -0.2) is 13.6 Å². The zero-order valence-electron chi connectivity index (χ0n) is 11.4. The second kappa shape index (κ2) is 5.74. The van der Waals surface area contributed by atoms with Crippen molar-refractivity contribution in [1.82, 2.24) is 0 Å². The van der Waals surface area contributed by atoms with Crippen LogP contribution in [0.2, 0.25) is 0 Å². The molecular weight excluding hydrogens is 239 g/mol. The van der Waals surface area contributed by atoms with Crippen LogP contribution in [-0.2, 0) is 6.42 Å². The summed E-state index contributed by atoms with van der Waals surface area (Å²) in [6, 6.07) is 12.9. The molecule has 0 amide bonds. The minimum Gasteiger partial charge on any atom is -0.397 e. The van der Waals surface area contributed by atoms with Crippen LogP contribution in [0.5, 0.6) is 0 Å². The number of nitrogens with zero attached hydrogens (tertiary/aromatic N) is 1. The molecule has 0 aromatic heterocycles. The zero-order valence-corrected chi connectivity index (χ0v) is 11.4. The SMILES string of the molecule is Cc1ccc(CCN(C)c2cc(F)ccc2N)cc1. The van der Waals surface area contributed by atoms with E-state index in [-0.39, 0.29) is 5.82 Å². The molecule has 0 saturated carbocycles. The van der Waals surface area contributed by atoms with E-state index in [1.165, 1.54) is 23.3 Å². The van der Waals surface area contributed by atoms with Gasteiger partial charge in [0, 0.05) is 13.6 Å². The van der Waals surface area contributed by atoms with Gasteiger partial charge in [-0.05, 0) is 37.1 Å². The number of rotatable bonds is 4. The van der Waals surface area contributed by atoms with Crippen LogP contribution in [0.3, 0.4) is 0 Å². The summed E-state index contributed by atoms with van der Waals surface area (Å²) < 4.78 is 13.2. The van der Waals surface area contributed by atoms with Crippen molar-refractivity contribution in [2.75, 3.05) is 24.2 Å². The minimum absolute atomic E-state index is 0.258. The summed E-state index contributed by atoms with van der Waals surface area (Å²) in [6.07, 6.45) is 0.909. The highest BCUT2D eigenvalue weighted by atomic mass is 19.1. The van der Waals surface area contributed by atoms with Crippen LogP contribution < -0.4 is 10.6 Å². The van der Waals surface area contributed by atoms with Gasteiger partial charge in [-0.1, -0.05) is 29.8 Å². The van der Waals surface area contributed by atoms with Crippen LogP contribution in [0.1, 0.15) is 11.1 Å². The van der Waals surface area contributed by atoms with Gasteiger partial charge in [0.05, 0.1) is 11.4 Å². The average Bonchev–Trinajstić information content (AvgIpc) is 2.40. The fraction of sp³-hybridized carbons (Fsp3) is 0.250. The van der Waals surface area contributed by atoms with Gasteiger partial charge in [0.15, 0.2) is 0 Å². The molecule has 0 spiro atoms. The molecule has 2 aromatic carbocycles. The highest BCUT2D eigenvalue weighted by Gasteiger charge is 2.06. The third-order valence-electron chi connectivity index (χ3n) is 3.26. The third kappa shape index (κ3) is 3.47. The zero-order chi connectivity index (χ0) is 13.8. The molecule has 2 aromatic rings. The number of nitrogens with two attached hydrogens (primary N) is 1. The van der Waals surface area contributed by atoms with E-state index in [0.717, 1.165) is 18.7 Å². The van der Waals surface area contributed by atoms with E-state index in [1.807, 2.05) is 11.9 Å². The number of benzene rings is 2. The summed E-state index contributed by atoms with van der Waals surface area (Å²) in [6.45, 7) is 2.88. The molecule has 0 heterocycles. The molecule has 2 rings (SSSR count). The molecule has 0 atom stereocenters. The van der Waals surface area contributed by atoms with Gasteiger partial charge in [-0.2, -0.15) is 0 Å². The number of nitrogen functional groups attached to an aromatic ring is 1. The monoisotopic (exact) mass is 258 g/mol. The Bertz CT molecular complexity index is 549. The standard InChI is InChI=1S/C16H19FN2/c1-12-3-5-13(6-4-12)9-10-19(2)16-11-14(17)7-8-15(16)18/h3-8,11H,9-10,18H2,1-2H3. The molecule has 19 heavy (non-hydrogen) atoms. The lowest BCUT2D eigenvalue weighted by atomic mass is 10.1. The first-order chi connectivity index (χ1) is 9.06. The van der Waals surface area contributed by atoms with E-state index in [1.54, 1.807) is 6.07 Å². The molecule has 2 N–H and O–H groups in total. The molecular formula is C16H19FN2. The van der Waals surface area contributed by atoms with E-state index in [9.17, 15) is 4.39 Å². The normalized spacial score (nSPS) is 10.5. The molecule has 0 saturated heterocycles. The highest BCUT2D eigenvalue weighted by Crippen LogP contribution is 2.23. The minimum atomic E-state index is -0.258. The van der Waals surface area contributed by atoms with E-state index >= 15 is 0 Å². The van der Waals surface area contributed by atoms with Gasteiger partial charge >= 0.3 is 0 Å². The van der Waals surface area contributed by atoms with Crippen LogP contribution in [0.15, 0.2) is 42.5 Å². The Labute approximate surface area is 113 Å². The van der Waals surface area contributed by atoms with E-state index in [0.29, 0.717) is 5.69 Å². The maximum atomic E-state index is 13.2. The molecule has 3 heteroatoms. The first-order valence-electron chi connectivity index (χ1n) is 6.38. The molecule has 0 fully saturated rings. The Hall–Kier alpha value is -2.03. The summed E-state index contributed by atoms with van der Waals surface area (Å²) in [5, 5.41) is 0. The maximum Gasteiger partial charge on any atom is 0.125 e. The second-order valence-corrected chi connectivity index (χ2v) is 4.86. The topological polar surface area (TPSA) is 29.3 Å². The van der Waals surface area contributed by atoms with Crippen LogP contribution in [0.4, 0.5) is 15.8 Å². The Morgan fingerprint density at radius 2 is 1.79 bits per heavy atom. The van der Waals surface area contributed by atoms with Gasteiger partial charge < -0.3 is 10.6 Å². The van der Waals surface area contributed by atoms with Gasteiger partial charge in [0.25, 0.3) is 0 Å². The fourth-order valence-corrected chi connectivity index (χ4v) is 2.02. The quantitative estimate of drug-likeness (QED) is 0.852. The predicted octanol–water partition coefficient (Wildman–Crippen LogP) is 3.40. The lowest BCUT2D eigenvalue weighted by molar-refractivity contribution is 0.627. The third-order valence-corrected chi connectivity index (χ3v) is 3.26. The van der Waals surface area contributed by atoms with E-state index in [4.69, 9.17) is 5.73 Å². The molecule has 0 bridgehead atoms. The fourth-order valence-electron chi connectivity index (χ4n) is 2.02. The Morgan fingerprint density at radius 3 is 2.47 bits per heavy atom. The van der Waals surface area contributed by atoms with Crippen molar-refractivity contribution >= 4 is 11.4 Å². The van der Waals surface area contributed by atoms with Crippen molar-refractivity contribution in [2.45, 2.75) is 13.3 Å². The summed E-state index contributed by atoms with van der Waals surface area (Å²) in [5.41, 5.74) is 9.74. The van der Waals surface area contributed by atoms with E-state index < -0.39 is 0 Å². The van der Waals surface area contributed by atoms with Crippen LogP contribution in [0, 0.1) is 12.7 Å². The van der Waals surface area contributed by atoms with Crippen LogP contribution >= 0.6 is 0 Å². The number of hydrogen-bond donors (Lipinski definition) is 1. The summed E-state index contributed by atoms with van der Waals surface area (Å²) in [7, 11) is 1.93. The summed E-state index contributed by atoms with van der Waals surface area (Å²) in [4.78, 5) is 1.98. The lowest BCUT2D eigenvalue weighted by Crippen LogP contribution is -2.21. The average molecular weight is 258 g/mol. The second-order valence-electron chi connectivity index (χ2n) is 4.86. The van der Waals surface area contributed by atoms with Crippen molar-refractivity contribution in [2.24, 2.45) is 0 Å². The Balaban J connectivity index is 2.03. The van der Waals surface area contributed by atoms with Crippen LogP contribution in [0.25, 0.3) is 0 Å². The molecule has 2 nitrogen and oxygen atoms in total. The number of anilines is 2. The van der Waals surface area contributed by atoms with Crippen molar-refractivity contribution in [3.63, 3.8) is 0 Å². The molecule has 0 unspecified atom stereocenters. The van der Waals surface area contributed by atoms with Crippen molar-refractivity contribution in [3.8, 4) is 0 Å². The smallest absolute Gasteiger partial charge is 0.125 e. The number of halogens is 1. The highest BCUT2D eigenvalue weighted by molar-refractivity contribution is 5.67. The van der Waals surface area contributed by atoms with Gasteiger partial charge in [-0.15, -0.1) is 0 Å². The molecule has 0 radical (unpaired) electrons. The number of hydrogen-bond acceptors (Lipinski definition) is 2. The van der Waals surface area contributed by atoms with Gasteiger partial charge in [-0.3, -0.25) is 0 Å². The summed E-state index contributed by atoms with van der Waals surface area (Å²) >= 11 is 0. The van der Waals surface area contributed by atoms with Crippen molar-refractivity contribution in [1.29, 1.82) is 0 Å². The van der Waals surface area contributed by atoms with Crippen molar-refractivity contribution < 1.29 is 4.39 Å². The van der Waals surface area contributed by atoms with Gasteiger partial charge in [0.1, 0.15) is 5.82 Å². The van der Waals surface area contributed by atoms with E-state index in [2.05, 4.69) is 31.2 Å². The Kier molecular flexibility index (Phi) is 4.05. The molecule has 0 aliphatic heterocycles. The number of aryl methyl sites for hydroxylation is 1. The van der Waals surface area contributed by atoms with Gasteiger partial charge in [0.2, 0.25) is 0 Å². The first-order valence-corrected chi connectivity index (χ1v) is 6.38.